The summed E-state index contributed by atoms with van der Waals surface area (Å²) < 4.78 is 49.9. The second-order valence-corrected chi connectivity index (χ2v) is 7.89. The second kappa shape index (κ2) is 8.40. The Morgan fingerprint density at radius 1 is 0.968 bits per heavy atom. The minimum atomic E-state index is -4.41. The fourth-order valence-electron chi connectivity index (χ4n) is 4.12. The van der Waals surface area contributed by atoms with E-state index in [1.54, 1.807) is 12.1 Å². The zero-order chi connectivity index (χ0) is 22.3. The highest BCUT2D eigenvalue weighted by molar-refractivity contribution is 5.50. The summed E-state index contributed by atoms with van der Waals surface area (Å²) in [7, 11) is 0. The van der Waals surface area contributed by atoms with E-state index in [-0.39, 0.29) is 0 Å². The van der Waals surface area contributed by atoms with E-state index in [1.165, 1.54) is 12.1 Å². The van der Waals surface area contributed by atoms with E-state index in [9.17, 15) is 33.6 Å². The van der Waals surface area contributed by atoms with E-state index in [4.69, 9.17) is 9.47 Å². The molecule has 2 aromatic rings. The van der Waals surface area contributed by atoms with Crippen LogP contribution in [-0.4, -0.2) is 58.1 Å². The smallest absolute Gasteiger partial charge is 0.416 e. The normalized spacial score (nSPS) is 28.3. The van der Waals surface area contributed by atoms with Crippen molar-refractivity contribution in [1.82, 2.24) is 0 Å². The summed E-state index contributed by atoms with van der Waals surface area (Å²) in [6, 6.07) is 8.37. The molecular formula is C22H23F3O6. The van der Waals surface area contributed by atoms with Gasteiger partial charge in [-0.3, -0.25) is 0 Å². The van der Waals surface area contributed by atoms with Gasteiger partial charge in [0.05, 0.1) is 18.8 Å². The average molecular weight is 440 g/mol. The quantitative estimate of drug-likeness (QED) is 0.578. The third-order valence-electron chi connectivity index (χ3n) is 5.78. The Labute approximate surface area is 176 Å². The topological polar surface area (TPSA) is 99.4 Å². The first-order valence-electron chi connectivity index (χ1n) is 9.94. The van der Waals surface area contributed by atoms with E-state index in [0.717, 1.165) is 17.7 Å². The third kappa shape index (κ3) is 4.28. The fourth-order valence-corrected chi connectivity index (χ4v) is 4.12. The molecule has 1 saturated heterocycles. The van der Waals surface area contributed by atoms with Gasteiger partial charge >= 0.3 is 6.18 Å². The monoisotopic (exact) mass is 440 g/mol. The molecule has 0 bridgehead atoms. The van der Waals surface area contributed by atoms with E-state index in [0.29, 0.717) is 41.9 Å². The highest BCUT2D eigenvalue weighted by Gasteiger charge is 2.44. The SMILES string of the molecule is OC[C@H]1O[C@@H](c2cc3c(c(Cc4ccc(C(F)(F)F)cc4)c2)OCC3)[C@H](O)[C@@H](O)[C@@H]1O. The highest BCUT2D eigenvalue weighted by atomic mass is 19.4. The first-order valence-corrected chi connectivity index (χ1v) is 9.94. The van der Waals surface area contributed by atoms with Gasteiger partial charge in [0.1, 0.15) is 36.3 Å². The second-order valence-electron chi connectivity index (χ2n) is 7.89. The van der Waals surface area contributed by atoms with Crippen molar-refractivity contribution in [3.8, 4) is 5.75 Å². The van der Waals surface area contributed by atoms with Crippen molar-refractivity contribution in [1.29, 1.82) is 0 Å². The van der Waals surface area contributed by atoms with Gasteiger partial charge in [0, 0.05) is 12.8 Å². The Bertz CT molecular complexity index is 928. The van der Waals surface area contributed by atoms with Crippen LogP contribution in [0.5, 0.6) is 5.75 Å². The molecule has 0 spiro atoms. The molecule has 4 rings (SSSR count). The van der Waals surface area contributed by atoms with Gasteiger partial charge in [-0.2, -0.15) is 13.2 Å². The Morgan fingerprint density at radius 3 is 2.32 bits per heavy atom. The molecule has 0 saturated carbocycles. The lowest BCUT2D eigenvalue weighted by atomic mass is 9.88. The van der Waals surface area contributed by atoms with Crippen molar-refractivity contribution in [3.05, 3.63) is 64.2 Å². The zero-order valence-electron chi connectivity index (χ0n) is 16.4. The number of alkyl halides is 3. The van der Waals surface area contributed by atoms with Crippen LogP contribution in [0.3, 0.4) is 0 Å². The zero-order valence-corrected chi connectivity index (χ0v) is 16.4. The Kier molecular flexibility index (Phi) is 5.97. The van der Waals surface area contributed by atoms with Crippen LogP contribution < -0.4 is 4.74 Å². The van der Waals surface area contributed by atoms with Crippen molar-refractivity contribution in [2.45, 2.75) is 49.5 Å². The van der Waals surface area contributed by atoms with Gasteiger partial charge in [-0.25, -0.2) is 0 Å². The number of aliphatic hydroxyl groups excluding tert-OH is 4. The summed E-state index contributed by atoms with van der Waals surface area (Å²) >= 11 is 0. The summed E-state index contributed by atoms with van der Waals surface area (Å²) in [5.41, 5.74) is 2.02. The minimum absolute atomic E-state index is 0.297. The fraction of sp³-hybridized carbons (Fsp3) is 0.455. The number of aliphatic hydroxyl groups is 4. The van der Waals surface area contributed by atoms with Gasteiger partial charge in [0.15, 0.2) is 0 Å². The van der Waals surface area contributed by atoms with Gasteiger partial charge in [0.2, 0.25) is 0 Å². The molecule has 4 N–H and O–H groups in total. The van der Waals surface area contributed by atoms with Crippen LogP contribution in [-0.2, 0) is 23.8 Å². The molecule has 2 aromatic carbocycles. The number of halogens is 3. The Balaban J connectivity index is 1.65. The van der Waals surface area contributed by atoms with E-state index < -0.39 is 48.9 Å². The molecule has 2 aliphatic rings. The van der Waals surface area contributed by atoms with Crippen LogP contribution in [0.15, 0.2) is 36.4 Å². The lowest BCUT2D eigenvalue weighted by Crippen LogP contribution is -2.55. The maximum atomic E-state index is 12.8. The Hall–Kier alpha value is -2.17. The van der Waals surface area contributed by atoms with Gasteiger partial charge in [-0.1, -0.05) is 12.1 Å². The maximum absolute atomic E-state index is 12.8. The average Bonchev–Trinajstić information content (AvgIpc) is 3.21. The van der Waals surface area contributed by atoms with Crippen LogP contribution in [0.1, 0.15) is 33.9 Å². The van der Waals surface area contributed by atoms with Crippen LogP contribution >= 0.6 is 0 Å². The number of hydrogen-bond acceptors (Lipinski definition) is 6. The molecule has 0 aliphatic carbocycles. The molecule has 5 atom stereocenters. The molecule has 0 amide bonds. The molecule has 1 fully saturated rings. The predicted octanol–water partition coefficient (Wildman–Crippen LogP) is 1.75. The molecule has 6 nitrogen and oxygen atoms in total. The minimum Gasteiger partial charge on any atom is -0.493 e. The van der Waals surface area contributed by atoms with Crippen molar-refractivity contribution >= 4 is 0 Å². The van der Waals surface area contributed by atoms with Crippen molar-refractivity contribution in [2.75, 3.05) is 13.2 Å². The number of hydrogen-bond donors (Lipinski definition) is 4. The van der Waals surface area contributed by atoms with Gasteiger partial charge < -0.3 is 29.9 Å². The first-order chi connectivity index (χ1) is 14.7. The molecule has 31 heavy (non-hydrogen) atoms. The Morgan fingerprint density at radius 2 is 1.68 bits per heavy atom. The number of ether oxygens (including phenoxy) is 2. The lowest BCUT2D eigenvalue weighted by molar-refractivity contribution is -0.231. The summed E-state index contributed by atoms with van der Waals surface area (Å²) in [5.74, 6) is 0.647. The van der Waals surface area contributed by atoms with Gasteiger partial charge in [0.25, 0.3) is 0 Å². The standard InChI is InChI=1S/C22H23F3O6/c23-22(24,25)15-3-1-11(2-4-15)7-13-9-14(8-12-5-6-30-20(12)13)21-19(29)18(28)17(27)16(10-26)31-21/h1-4,8-9,16-19,21,26-29H,5-7,10H2/t16-,17-,18+,19-,21+/m1/s1. The molecule has 0 radical (unpaired) electrons. The molecule has 0 aromatic heterocycles. The van der Waals surface area contributed by atoms with Crippen LogP contribution in [0.25, 0.3) is 0 Å². The lowest BCUT2D eigenvalue weighted by Gasteiger charge is -2.40. The van der Waals surface area contributed by atoms with Crippen LogP contribution in [0.4, 0.5) is 13.2 Å². The summed E-state index contributed by atoms with van der Waals surface area (Å²) in [5, 5.41) is 40.0. The predicted molar refractivity (Wildman–Crippen MR) is 103 cm³/mol. The molecule has 2 heterocycles. The molecule has 9 heteroatoms. The highest BCUT2D eigenvalue weighted by Crippen LogP contribution is 2.39. The molecular weight excluding hydrogens is 417 g/mol. The van der Waals surface area contributed by atoms with Crippen molar-refractivity contribution < 1.29 is 43.1 Å². The van der Waals surface area contributed by atoms with Crippen LogP contribution in [0, 0.1) is 0 Å². The van der Waals surface area contributed by atoms with E-state index >= 15 is 0 Å². The van der Waals surface area contributed by atoms with Gasteiger partial charge in [-0.05, 0) is 46.5 Å². The molecule has 2 aliphatic heterocycles. The number of rotatable bonds is 4. The third-order valence-corrected chi connectivity index (χ3v) is 5.78. The van der Waals surface area contributed by atoms with Crippen molar-refractivity contribution in [3.63, 3.8) is 0 Å². The number of fused-ring (bicyclic) bond motifs is 1. The van der Waals surface area contributed by atoms with E-state index in [2.05, 4.69) is 0 Å². The largest absolute Gasteiger partial charge is 0.493 e. The van der Waals surface area contributed by atoms with Crippen molar-refractivity contribution in [2.24, 2.45) is 0 Å². The molecule has 0 unspecified atom stereocenters. The summed E-state index contributed by atoms with van der Waals surface area (Å²) in [6.45, 7) is -0.0820. The maximum Gasteiger partial charge on any atom is 0.416 e. The first kappa shape index (κ1) is 22.0. The van der Waals surface area contributed by atoms with Gasteiger partial charge in [-0.15, -0.1) is 0 Å². The number of benzene rings is 2. The summed E-state index contributed by atoms with van der Waals surface area (Å²) in [4.78, 5) is 0. The summed E-state index contributed by atoms with van der Waals surface area (Å²) in [6.07, 6.45) is -9.91. The van der Waals surface area contributed by atoms with Crippen LogP contribution in [0.2, 0.25) is 0 Å². The van der Waals surface area contributed by atoms with E-state index in [1.807, 2.05) is 0 Å². The molecule has 168 valence electrons.